The second-order valence-electron chi connectivity index (χ2n) is 2.86. The molecule has 0 unspecified atom stereocenters. The second kappa shape index (κ2) is 5.80. The molecule has 2 rings (SSSR count). The van der Waals surface area contributed by atoms with Gasteiger partial charge in [0, 0.05) is 11.5 Å². The molecule has 4 heteroatoms. The van der Waals surface area contributed by atoms with Gasteiger partial charge in [-0.05, 0) is 12.3 Å². The number of methoxy groups -OCH3 is 1. The third kappa shape index (κ3) is 2.34. The smallest absolute Gasteiger partial charge is 0.144 e. The molecule has 0 aliphatic carbocycles. The van der Waals surface area contributed by atoms with E-state index in [0.29, 0.717) is 0 Å². The maximum atomic E-state index is 5.22. The molecule has 2 N–H and O–H groups in total. The van der Waals surface area contributed by atoms with Gasteiger partial charge in [-0.2, -0.15) is 5.10 Å². The molecule has 0 atom stereocenters. The molecule has 86 valence electrons. The highest BCUT2D eigenvalue weighted by Gasteiger charge is 2.04. The Kier molecular flexibility index (Phi) is 4.39. The maximum absolute atomic E-state index is 5.22. The molecule has 0 radical (unpaired) electrons. The zero-order chi connectivity index (χ0) is 12.0. The SMILES string of the molecule is C=CNc1cc2cn[nH]c2cc1OC.CC. The molecule has 1 heterocycles. The number of nitrogens with zero attached hydrogens (tertiary/aromatic N) is 1. The Morgan fingerprint density at radius 1 is 1.44 bits per heavy atom. The van der Waals surface area contributed by atoms with Crippen LogP contribution in [0, 0.1) is 0 Å². The first-order valence-corrected chi connectivity index (χ1v) is 5.23. The molecule has 2 aromatic rings. The van der Waals surface area contributed by atoms with Crippen molar-refractivity contribution in [1.82, 2.24) is 10.2 Å². The summed E-state index contributed by atoms with van der Waals surface area (Å²) in [7, 11) is 1.63. The molecule has 0 amide bonds. The van der Waals surface area contributed by atoms with Crippen LogP contribution < -0.4 is 10.1 Å². The van der Waals surface area contributed by atoms with Crippen molar-refractivity contribution in [2.75, 3.05) is 12.4 Å². The number of aromatic nitrogens is 2. The summed E-state index contributed by atoms with van der Waals surface area (Å²) in [5.41, 5.74) is 1.84. The Morgan fingerprint density at radius 3 is 2.81 bits per heavy atom. The van der Waals surface area contributed by atoms with Gasteiger partial charge in [0.05, 0.1) is 24.5 Å². The molecule has 0 saturated heterocycles. The van der Waals surface area contributed by atoms with Gasteiger partial charge in [0.2, 0.25) is 0 Å². The van der Waals surface area contributed by atoms with Crippen LogP contribution in [0.3, 0.4) is 0 Å². The molecule has 1 aromatic heterocycles. The van der Waals surface area contributed by atoms with E-state index in [4.69, 9.17) is 4.74 Å². The number of anilines is 1. The standard InChI is InChI=1S/C10H11N3O.C2H6/c1-3-11-9-4-7-6-12-13-8(7)5-10(9)14-2;1-2/h3-6,11H,1H2,2H3,(H,12,13);1-2H3. The molecule has 0 saturated carbocycles. The van der Waals surface area contributed by atoms with Gasteiger partial charge in [-0.15, -0.1) is 0 Å². The van der Waals surface area contributed by atoms with Gasteiger partial charge >= 0.3 is 0 Å². The van der Waals surface area contributed by atoms with Gasteiger partial charge in [0.25, 0.3) is 0 Å². The fraction of sp³-hybridized carbons (Fsp3) is 0.250. The van der Waals surface area contributed by atoms with E-state index >= 15 is 0 Å². The van der Waals surface area contributed by atoms with E-state index in [1.54, 1.807) is 19.5 Å². The maximum Gasteiger partial charge on any atom is 0.144 e. The number of nitrogens with one attached hydrogen (secondary N) is 2. The molecule has 0 aliphatic heterocycles. The van der Waals surface area contributed by atoms with Crippen molar-refractivity contribution in [3.8, 4) is 5.75 Å². The Balaban J connectivity index is 0.000000606. The highest BCUT2D eigenvalue weighted by molar-refractivity contribution is 5.85. The van der Waals surface area contributed by atoms with Gasteiger partial charge in [-0.3, -0.25) is 5.10 Å². The second-order valence-corrected chi connectivity index (χ2v) is 2.86. The Labute approximate surface area is 95.3 Å². The van der Waals surface area contributed by atoms with Crippen LogP contribution in [0.25, 0.3) is 10.9 Å². The first kappa shape index (κ1) is 12.1. The normalized spacial score (nSPS) is 9.19. The average molecular weight is 219 g/mol. The van der Waals surface area contributed by atoms with Crippen LogP contribution >= 0.6 is 0 Å². The number of hydrogen-bond acceptors (Lipinski definition) is 3. The first-order chi connectivity index (χ1) is 7.85. The van der Waals surface area contributed by atoms with Crippen LogP contribution in [0.2, 0.25) is 0 Å². The number of aromatic amines is 1. The zero-order valence-electron chi connectivity index (χ0n) is 9.87. The number of H-pyrrole nitrogens is 1. The topological polar surface area (TPSA) is 49.9 Å². The minimum absolute atomic E-state index is 0.765. The summed E-state index contributed by atoms with van der Waals surface area (Å²) in [5, 5.41) is 10.9. The third-order valence-corrected chi connectivity index (χ3v) is 2.02. The van der Waals surface area contributed by atoms with E-state index in [9.17, 15) is 0 Å². The molecule has 0 spiro atoms. The quantitative estimate of drug-likeness (QED) is 0.833. The fourth-order valence-corrected chi connectivity index (χ4v) is 1.36. The van der Waals surface area contributed by atoms with E-state index in [1.165, 1.54) is 0 Å². The Hall–Kier alpha value is -1.97. The average Bonchev–Trinajstić information content (AvgIpc) is 2.78. The van der Waals surface area contributed by atoms with Crippen molar-refractivity contribution in [2.45, 2.75) is 13.8 Å². The van der Waals surface area contributed by atoms with Crippen LogP contribution in [0.5, 0.6) is 5.75 Å². The third-order valence-electron chi connectivity index (χ3n) is 2.02. The molecule has 1 aromatic carbocycles. The van der Waals surface area contributed by atoms with E-state index in [0.717, 1.165) is 22.3 Å². The highest BCUT2D eigenvalue weighted by Crippen LogP contribution is 2.28. The van der Waals surface area contributed by atoms with Crippen LogP contribution in [0.1, 0.15) is 13.8 Å². The predicted octanol–water partition coefficient (Wildman–Crippen LogP) is 3.15. The number of ether oxygens (including phenoxy) is 1. The predicted molar refractivity (Wildman–Crippen MR) is 67.8 cm³/mol. The monoisotopic (exact) mass is 219 g/mol. The van der Waals surface area contributed by atoms with Crippen LogP contribution in [-0.4, -0.2) is 17.3 Å². The van der Waals surface area contributed by atoms with Crippen molar-refractivity contribution >= 4 is 16.6 Å². The number of benzene rings is 1. The highest BCUT2D eigenvalue weighted by atomic mass is 16.5. The molecule has 0 bridgehead atoms. The molecule has 4 nitrogen and oxygen atoms in total. The van der Waals surface area contributed by atoms with Crippen LogP contribution in [0.4, 0.5) is 5.69 Å². The molecule has 16 heavy (non-hydrogen) atoms. The summed E-state index contributed by atoms with van der Waals surface area (Å²) in [6.07, 6.45) is 3.38. The van der Waals surface area contributed by atoms with Gasteiger partial charge in [0.15, 0.2) is 0 Å². The summed E-state index contributed by atoms with van der Waals surface area (Å²) in [4.78, 5) is 0. The minimum Gasteiger partial charge on any atom is -0.494 e. The summed E-state index contributed by atoms with van der Waals surface area (Å²) in [6, 6.07) is 3.85. The molecule has 0 fully saturated rings. The van der Waals surface area contributed by atoms with Gasteiger partial charge in [-0.1, -0.05) is 20.4 Å². The van der Waals surface area contributed by atoms with Gasteiger partial charge in [-0.25, -0.2) is 0 Å². The Bertz CT molecular complexity index is 462. The summed E-state index contributed by atoms with van der Waals surface area (Å²) >= 11 is 0. The van der Waals surface area contributed by atoms with Crippen molar-refractivity contribution in [2.24, 2.45) is 0 Å². The summed E-state index contributed by atoms with van der Waals surface area (Å²) in [6.45, 7) is 7.61. The fourth-order valence-electron chi connectivity index (χ4n) is 1.36. The summed E-state index contributed by atoms with van der Waals surface area (Å²) in [5.74, 6) is 0.765. The molecular formula is C12H17N3O. The summed E-state index contributed by atoms with van der Waals surface area (Å²) < 4.78 is 5.22. The van der Waals surface area contributed by atoms with Crippen LogP contribution in [0.15, 0.2) is 31.1 Å². The van der Waals surface area contributed by atoms with Crippen molar-refractivity contribution in [3.05, 3.63) is 31.1 Å². The van der Waals surface area contributed by atoms with Crippen molar-refractivity contribution in [3.63, 3.8) is 0 Å². The van der Waals surface area contributed by atoms with E-state index in [1.807, 2.05) is 26.0 Å². The first-order valence-electron chi connectivity index (χ1n) is 5.23. The molecular weight excluding hydrogens is 202 g/mol. The lowest BCUT2D eigenvalue weighted by Crippen LogP contribution is -1.92. The van der Waals surface area contributed by atoms with Crippen LogP contribution in [-0.2, 0) is 0 Å². The van der Waals surface area contributed by atoms with Gasteiger partial charge in [0.1, 0.15) is 5.75 Å². The van der Waals surface area contributed by atoms with E-state index in [2.05, 4.69) is 22.1 Å². The molecule has 0 aliphatic rings. The number of fused-ring (bicyclic) bond motifs is 1. The lowest BCUT2D eigenvalue weighted by atomic mass is 10.2. The minimum atomic E-state index is 0.765. The van der Waals surface area contributed by atoms with E-state index < -0.39 is 0 Å². The lowest BCUT2D eigenvalue weighted by molar-refractivity contribution is 0.417. The Morgan fingerprint density at radius 2 is 2.19 bits per heavy atom. The van der Waals surface area contributed by atoms with Gasteiger partial charge < -0.3 is 10.1 Å². The van der Waals surface area contributed by atoms with Crippen molar-refractivity contribution < 1.29 is 4.74 Å². The largest absolute Gasteiger partial charge is 0.494 e. The number of hydrogen-bond donors (Lipinski definition) is 2. The van der Waals surface area contributed by atoms with Crippen molar-refractivity contribution in [1.29, 1.82) is 0 Å². The lowest BCUT2D eigenvalue weighted by Gasteiger charge is -2.07. The van der Waals surface area contributed by atoms with E-state index in [-0.39, 0.29) is 0 Å². The number of rotatable bonds is 3. The zero-order valence-corrected chi connectivity index (χ0v) is 9.87.